The summed E-state index contributed by atoms with van der Waals surface area (Å²) in [6.45, 7) is 4.04. The molecule has 3 fully saturated rings. The van der Waals surface area contributed by atoms with E-state index in [1.54, 1.807) is 6.92 Å². The fourth-order valence-corrected chi connectivity index (χ4v) is 5.66. The summed E-state index contributed by atoms with van der Waals surface area (Å²) in [5.74, 6) is 1.66. The van der Waals surface area contributed by atoms with Crippen LogP contribution in [0.15, 0.2) is 0 Å². The Morgan fingerprint density at radius 2 is 1.82 bits per heavy atom. The number of carbonyl (C=O) groups is 2. The molecule has 0 aromatic heterocycles. The fourth-order valence-electron chi connectivity index (χ4n) is 4.06. The van der Waals surface area contributed by atoms with Crippen molar-refractivity contribution >= 4 is 35.2 Å². The molecule has 2 aliphatic heterocycles. The lowest BCUT2D eigenvalue weighted by Crippen LogP contribution is -2.55. The van der Waals surface area contributed by atoms with Crippen molar-refractivity contribution in [2.24, 2.45) is 5.92 Å². The van der Waals surface area contributed by atoms with E-state index < -0.39 is 5.38 Å². The number of thioether (sulfide) groups is 1. The fraction of sp³-hybridized carbons (Fsp3) is 0.875. The summed E-state index contributed by atoms with van der Waals surface area (Å²) in [5, 5.41) is -0.457. The molecule has 1 spiro atoms. The van der Waals surface area contributed by atoms with E-state index in [1.165, 1.54) is 12.8 Å². The third-order valence-electron chi connectivity index (χ3n) is 5.34. The second kappa shape index (κ2) is 6.60. The number of nitrogens with zero attached hydrogens (tertiary/aromatic N) is 2. The second-order valence-corrected chi connectivity index (χ2v) is 8.82. The van der Waals surface area contributed by atoms with Crippen LogP contribution in [0.5, 0.6) is 0 Å². The summed E-state index contributed by atoms with van der Waals surface area (Å²) in [6, 6.07) is 0. The van der Waals surface area contributed by atoms with Crippen LogP contribution in [0.4, 0.5) is 0 Å². The largest absolute Gasteiger partial charge is 0.341 e. The highest BCUT2D eigenvalue weighted by Gasteiger charge is 2.48. The second-order valence-electron chi connectivity index (χ2n) is 6.71. The van der Waals surface area contributed by atoms with Gasteiger partial charge in [-0.1, -0.05) is 12.8 Å². The Morgan fingerprint density at radius 1 is 1.18 bits per heavy atom. The minimum absolute atomic E-state index is 0.0215. The van der Waals surface area contributed by atoms with Crippen LogP contribution in [-0.4, -0.2) is 57.2 Å². The first-order valence-electron chi connectivity index (χ1n) is 8.42. The summed E-state index contributed by atoms with van der Waals surface area (Å²) in [6.07, 6.45) is 6.27. The summed E-state index contributed by atoms with van der Waals surface area (Å²) < 4.78 is 0. The lowest BCUT2D eigenvalue weighted by atomic mass is 9.98. The van der Waals surface area contributed by atoms with E-state index in [9.17, 15) is 9.59 Å². The molecule has 2 saturated heterocycles. The SMILES string of the molecule is C[C@@H](Cl)C(=O)N1CCC2(CC1)SCCN2C(=O)C1CCCC1. The average molecular weight is 345 g/mol. The maximum atomic E-state index is 12.9. The van der Waals surface area contributed by atoms with Crippen LogP contribution in [0.2, 0.25) is 0 Å². The molecule has 0 radical (unpaired) electrons. The van der Waals surface area contributed by atoms with Gasteiger partial charge in [-0.25, -0.2) is 0 Å². The van der Waals surface area contributed by atoms with Gasteiger partial charge in [-0.15, -0.1) is 23.4 Å². The number of piperidine rings is 1. The van der Waals surface area contributed by atoms with Gasteiger partial charge >= 0.3 is 0 Å². The van der Waals surface area contributed by atoms with Crippen molar-refractivity contribution in [2.75, 3.05) is 25.4 Å². The predicted octanol–water partition coefficient (Wildman–Crippen LogP) is 2.70. The monoisotopic (exact) mass is 344 g/mol. The third-order valence-corrected chi connectivity index (χ3v) is 7.08. The molecule has 0 aromatic rings. The Morgan fingerprint density at radius 3 is 2.41 bits per heavy atom. The van der Waals surface area contributed by atoms with Crippen LogP contribution in [0.1, 0.15) is 45.4 Å². The normalized spacial score (nSPS) is 26.6. The van der Waals surface area contributed by atoms with Gasteiger partial charge in [-0.2, -0.15) is 0 Å². The van der Waals surface area contributed by atoms with Crippen LogP contribution >= 0.6 is 23.4 Å². The Bertz CT molecular complexity index is 443. The topological polar surface area (TPSA) is 40.6 Å². The highest BCUT2D eigenvalue weighted by atomic mass is 35.5. The third kappa shape index (κ3) is 2.99. The zero-order valence-electron chi connectivity index (χ0n) is 13.2. The number of halogens is 1. The van der Waals surface area contributed by atoms with Crippen molar-refractivity contribution in [2.45, 2.75) is 55.7 Å². The number of carbonyl (C=O) groups excluding carboxylic acids is 2. The predicted molar refractivity (Wildman–Crippen MR) is 90.0 cm³/mol. The Balaban J connectivity index is 1.65. The van der Waals surface area contributed by atoms with Crippen molar-refractivity contribution in [1.82, 2.24) is 9.80 Å². The summed E-state index contributed by atoms with van der Waals surface area (Å²) in [7, 11) is 0. The molecule has 0 unspecified atom stereocenters. The van der Waals surface area contributed by atoms with E-state index in [0.29, 0.717) is 5.91 Å². The summed E-state index contributed by atoms with van der Waals surface area (Å²) >= 11 is 7.83. The van der Waals surface area contributed by atoms with Crippen molar-refractivity contribution in [3.8, 4) is 0 Å². The molecular formula is C16H25ClN2O2S. The van der Waals surface area contributed by atoms with Gasteiger partial charge in [0.05, 0.1) is 4.87 Å². The van der Waals surface area contributed by atoms with Crippen LogP contribution in [0.25, 0.3) is 0 Å². The molecule has 1 atom stereocenters. The van der Waals surface area contributed by atoms with Gasteiger partial charge in [-0.3, -0.25) is 9.59 Å². The van der Waals surface area contributed by atoms with E-state index in [-0.39, 0.29) is 16.7 Å². The maximum Gasteiger partial charge on any atom is 0.240 e. The Kier molecular flexibility index (Phi) is 4.93. The van der Waals surface area contributed by atoms with Crippen molar-refractivity contribution in [1.29, 1.82) is 0 Å². The number of hydrogen-bond donors (Lipinski definition) is 0. The number of alkyl halides is 1. The van der Waals surface area contributed by atoms with Gasteiger partial charge in [0.25, 0.3) is 0 Å². The maximum absolute atomic E-state index is 12.9. The number of hydrogen-bond acceptors (Lipinski definition) is 3. The molecule has 22 heavy (non-hydrogen) atoms. The molecule has 0 N–H and O–H groups in total. The lowest BCUT2D eigenvalue weighted by molar-refractivity contribution is -0.140. The van der Waals surface area contributed by atoms with Gasteiger partial charge in [-0.05, 0) is 32.6 Å². The minimum Gasteiger partial charge on any atom is -0.341 e. The lowest BCUT2D eigenvalue weighted by Gasteiger charge is -2.45. The first kappa shape index (κ1) is 16.4. The molecular weight excluding hydrogens is 320 g/mol. The zero-order chi connectivity index (χ0) is 15.7. The van der Waals surface area contributed by atoms with Gasteiger partial charge < -0.3 is 9.80 Å². The average Bonchev–Trinajstić information content (AvgIpc) is 3.17. The Hall–Kier alpha value is -0.420. The molecule has 2 amide bonds. The highest BCUT2D eigenvalue weighted by Crippen LogP contribution is 2.45. The summed E-state index contributed by atoms with van der Waals surface area (Å²) in [5.41, 5.74) is 0. The van der Waals surface area contributed by atoms with Gasteiger partial charge in [0, 0.05) is 31.3 Å². The van der Waals surface area contributed by atoms with E-state index in [2.05, 4.69) is 4.90 Å². The van der Waals surface area contributed by atoms with Crippen molar-refractivity contribution < 1.29 is 9.59 Å². The van der Waals surface area contributed by atoms with Crippen LogP contribution in [-0.2, 0) is 9.59 Å². The molecule has 3 aliphatic rings. The van der Waals surface area contributed by atoms with E-state index in [0.717, 1.165) is 51.1 Å². The molecule has 4 nitrogen and oxygen atoms in total. The number of amides is 2. The number of rotatable bonds is 2. The molecule has 3 rings (SSSR count). The van der Waals surface area contributed by atoms with Crippen LogP contribution < -0.4 is 0 Å². The molecule has 0 aromatic carbocycles. The molecule has 124 valence electrons. The van der Waals surface area contributed by atoms with Gasteiger partial charge in [0.1, 0.15) is 5.38 Å². The molecule has 1 saturated carbocycles. The van der Waals surface area contributed by atoms with Gasteiger partial charge in [0.2, 0.25) is 11.8 Å². The highest BCUT2D eigenvalue weighted by molar-refractivity contribution is 8.00. The minimum atomic E-state index is -0.457. The van der Waals surface area contributed by atoms with E-state index >= 15 is 0 Å². The molecule has 0 bridgehead atoms. The first-order valence-corrected chi connectivity index (χ1v) is 9.84. The number of likely N-dealkylation sites (tertiary alicyclic amines) is 1. The van der Waals surface area contributed by atoms with Gasteiger partial charge in [0.15, 0.2) is 0 Å². The first-order chi connectivity index (χ1) is 10.5. The van der Waals surface area contributed by atoms with E-state index in [1.807, 2.05) is 16.7 Å². The molecule has 6 heteroatoms. The van der Waals surface area contributed by atoms with Crippen LogP contribution in [0, 0.1) is 5.92 Å². The van der Waals surface area contributed by atoms with Crippen molar-refractivity contribution in [3.63, 3.8) is 0 Å². The standard InChI is InChI=1S/C16H25ClN2O2S/c1-12(17)14(20)18-8-6-16(7-9-18)19(10-11-22-16)15(21)13-4-2-3-5-13/h12-13H,2-11H2,1H3/t12-/m1/s1. The molecule has 1 aliphatic carbocycles. The molecule has 2 heterocycles. The smallest absolute Gasteiger partial charge is 0.240 e. The summed E-state index contributed by atoms with van der Waals surface area (Å²) in [4.78, 5) is 28.8. The van der Waals surface area contributed by atoms with Crippen LogP contribution in [0.3, 0.4) is 0 Å². The quantitative estimate of drug-likeness (QED) is 0.723. The van der Waals surface area contributed by atoms with E-state index in [4.69, 9.17) is 11.6 Å². The zero-order valence-corrected chi connectivity index (χ0v) is 14.8. The van der Waals surface area contributed by atoms with Crippen molar-refractivity contribution in [3.05, 3.63) is 0 Å². The Labute approximate surface area is 141 Å².